The van der Waals surface area contributed by atoms with E-state index in [2.05, 4.69) is 10.6 Å². The van der Waals surface area contributed by atoms with E-state index in [4.69, 9.17) is 15.1 Å². The number of hydrogen-bond donors (Lipinski definition) is 4. The number of aromatic nitrogens is 1. The molecule has 0 fully saturated rings. The largest absolute Gasteiger partial charge is 0.491 e. The van der Waals surface area contributed by atoms with Crippen molar-refractivity contribution < 1.29 is 9.84 Å². The summed E-state index contributed by atoms with van der Waals surface area (Å²) >= 11 is 0. The van der Waals surface area contributed by atoms with Crippen LogP contribution in [0, 0.1) is 5.41 Å². The lowest BCUT2D eigenvalue weighted by molar-refractivity contribution is 0.0994. The van der Waals surface area contributed by atoms with Gasteiger partial charge >= 0.3 is 0 Å². The van der Waals surface area contributed by atoms with Crippen LogP contribution in [-0.4, -0.2) is 42.1 Å². The van der Waals surface area contributed by atoms with E-state index in [9.17, 15) is 5.11 Å². The molecule has 1 aromatic carbocycles. The monoisotopic (exact) mass is 370 g/mol. The van der Waals surface area contributed by atoms with Gasteiger partial charge in [0.05, 0.1) is 17.4 Å². The normalized spacial score (nSPS) is 11.9. The Labute approximate surface area is 161 Å². The number of hydrogen-bond acceptors (Lipinski definition) is 6. The van der Waals surface area contributed by atoms with Gasteiger partial charge in [0.25, 0.3) is 0 Å². The van der Waals surface area contributed by atoms with Crippen LogP contribution in [0.25, 0.3) is 11.3 Å². The molecule has 6 nitrogen and oxygen atoms in total. The number of pyridine rings is 1. The summed E-state index contributed by atoms with van der Waals surface area (Å²) in [5.41, 5.74) is 3.26. The molecule has 4 N–H and O–H groups in total. The van der Waals surface area contributed by atoms with Crippen molar-refractivity contribution in [3.63, 3.8) is 0 Å². The molecule has 0 spiro atoms. The highest BCUT2D eigenvalue weighted by Crippen LogP contribution is 2.30. The maximum absolute atomic E-state index is 9.87. The fourth-order valence-electron chi connectivity index (χ4n) is 2.79. The Morgan fingerprint density at radius 2 is 2.07 bits per heavy atom. The molecule has 2 rings (SSSR count). The molecule has 0 radical (unpaired) electrons. The zero-order valence-corrected chi connectivity index (χ0v) is 16.5. The van der Waals surface area contributed by atoms with E-state index in [0.29, 0.717) is 11.6 Å². The van der Waals surface area contributed by atoms with Crippen molar-refractivity contribution in [2.24, 2.45) is 0 Å². The van der Waals surface area contributed by atoms with Gasteiger partial charge in [0.15, 0.2) is 0 Å². The van der Waals surface area contributed by atoms with Crippen LogP contribution >= 0.6 is 0 Å². The summed E-state index contributed by atoms with van der Waals surface area (Å²) in [6, 6.07) is 9.81. The van der Waals surface area contributed by atoms with Gasteiger partial charge in [-0.3, -0.25) is 0 Å². The molecule has 146 valence electrons. The van der Waals surface area contributed by atoms with Crippen LogP contribution in [0.3, 0.4) is 0 Å². The predicted molar refractivity (Wildman–Crippen MR) is 112 cm³/mol. The molecule has 0 aliphatic heterocycles. The molecule has 1 unspecified atom stereocenters. The highest BCUT2D eigenvalue weighted by molar-refractivity contribution is 5.93. The number of anilines is 2. The van der Waals surface area contributed by atoms with Crippen LogP contribution in [-0.2, 0) is 0 Å². The summed E-state index contributed by atoms with van der Waals surface area (Å²) < 4.78 is 5.73. The van der Waals surface area contributed by atoms with Crippen LogP contribution in [0.4, 0.5) is 11.5 Å². The van der Waals surface area contributed by atoms with Crippen molar-refractivity contribution in [2.75, 3.05) is 24.3 Å². The van der Waals surface area contributed by atoms with Gasteiger partial charge < -0.3 is 25.9 Å². The molecule has 0 saturated carbocycles. The summed E-state index contributed by atoms with van der Waals surface area (Å²) in [5.74, 6) is 1.37. The number of aliphatic hydroxyl groups is 1. The number of nitrogens with zero attached hydrogens (tertiary/aromatic N) is 1. The zero-order chi connectivity index (χ0) is 19.8. The van der Waals surface area contributed by atoms with Crippen LogP contribution in [0.5, 0.6) is 5.75 Å². The van der Waals surface area contributed by atoms with Crippen LogP contribution in [0.2, 0.25) is 0 Å². The summed E-state index contributed by atoms with van der Waals surface area (Å²) in [4.78, 5) is 4.72. The minimum Gasteiger partial charge on any atom is -0.491 e. The van der Waals surface area contributed by atoms with Gasteiger partial charge in [-0.05, 0) is 38.5 Å². The van der Waals surface area contributed by atoms with E-state index in [1.54, 1.807) is 0 Å². The van der Waals surface area contributed by atoms with Crippen LogP contribution in [0.1, 0.15) is 39.2 Å². The average Bonchev–Trinajstić information content (AvgIpc) is 2.65. The van der Waals surface area contributed by atoms with E-state index < -0.39 is 6.10 Å². The molecule has 0 saturated heterocycles. The number of benzene rings is 1. The first-order valence-electron chi connectivity index (χ1n) is 9.39. The van der Waals surface area contributed by atoms with Gasteiger partial charge in [-0.25, -0.2) is 4.98 Å². The second kappa shape index (κ2) is 9.92. The number of ether oxygens (including phenoxy) is 1. The molecule has 1 atom stereocenters. The summed E-state index contributed by atoms with van der Waals surface area (Å²) in [5, 5.41) is 24.0. The first kappa shape index (κ1) is 20.7. The van der Waals surface area contributed by atoms with E-state index in [1.807, 2.05) is 58.2 Å². The number of nitrogens with one attached hydrogen (secondary N) is 3. The SMILES string of the molecule is CCCC(O)COc1cccc(-c2cc(NC)c(C=N)c(NC(C)C)n2)c1. The Balaban J connectivity index is 2.34. The highest BCUT2D eigenvalue weighted by atomic mass is 16.5. The second-order valence-corrected chi connectivity index (χ2v) is 6.79. The quantitative estimate of drug-likeness (QED) is 0.472. The highest BCUT2D eigenvalue weighted by Gasteiger charge is 2.13. The van der Waals surface area contributed by atoms with E-state index in [1.165, 1.54) is 6.21 Å². The van der Waals surface area contributed by atoms with Gasteiger partial charge in [-0.2, -0.15) is 0 Å². The number of aliphatic hydroxyl groups excluding tert-OH is 1. The maximum Gasteiger partial charge on any atom is 0.137 e. The molecular weight excluding hydrogens is 340 g/mol. The van der Waals surface area contributed by atoms with Crippen LogP contribution in [0.15, 0.2) is 30.3 Å². The third kappa shape index (κ3) is 5.69. The van der Waals surface area contributed by atoms with Gasteiger partial charge in [-0.1, -0.05) is 25.5 Å². The summed E-state index contributed by atoms with van der Waals surface area (Å²) in [7, 11) is 1.83. The lowest BCUT2D eigenvalue weighted by atomic mass is 10.1. The van der Waals surface area contributed by atoms with Crippen molar-refractivity contribution in [1.29, 1.82) is 5.41 Å². The third-order valence-electron chi connectivity index (χ3n) is 4.09. The minimum atomic E-state index is -0.457. The maximum atomic E-state index is 9.87. The zero-order valence-electron chi connectivity index (χ0n) is 16.5. The van der Waals surface area contributed by atoms with Gasteiger partial charge in [-0.15, -0.1) is 0 Å². The standard InChI is InChI=1S/C21H30N4O2/c1-5-7-16(26)13-27-17-9-6-8-15(10-17)19-11-20(23-4)18(12-22)21(25-19)24-14(2)3/h6,8-12,14,16,22,26H,5,7,13H2,1-4H3,(H2,23,24,25). The third-order valence-corrected chi connectivity index (χ3v) is 4.09. The second-order valence-electron chi connectivity index (χ2n) is 6.79. The topological polar surface area (TPSA) is 90.3 Å². The Kier molecular flexibility index (Phi) is 7.61. The van der Waals surface area contributed by atoms with Crippen molar-refractivity contribution in [2.45, 2.75) is 45.8 Å². The molecule has 2 aromatic rings. The molecule has 27 heavy (non-hydrogen) atoms. The van der Waals surface area contributed by atoms with E-state index >= 15 is 0 Å². The van der Waals surface area contributed by atoms with Crippen molar-refractivity contribution >= 4 is 17.7 Å². The van der Waals surface area contributed by atoms with E-state index in [0.717, 1.165) is 35.3 Å². The molecule has 0 bridgehead atoms. The van der Waals surface area contributed by atoms with E-state index in [-0.39, 0.29) is 12.6 Å². The Morgan fingerprint density at radius 1 is 1.30 bits per heavy atom. The first-order chi connectivity index (χ1) is 13.0. The van der Waals surface area contributed by atoms with Crippen LogP contribution < -0.4 is 15.4 Å². The van der Waals surface area contributed by atoms with Crippen molar-refractivity contribution in [1.82, 2.24) is 4.98 Å². The fourth-order valence-corrected chi connectivity index (χ4v) is 2.79. The average molecular weight is 370 g/mol. The lowest BCUT2D eigenvalue weighted by Gasteiger charge is -2.17. The Hall–Kier alpha value is -2.60. The van der Waals surface area contributed by atoms with Gasteiger partial charge in [0.2, 0.25) is 0 Å². The lowest BCUT2D eigenvalue weighted by Crippen LogP contribution is -2.17. The minimum absolute atomic E-state index is 0.200. The molecule has 6 heteroatoms. The molecular formula is C21H30N4O2. The van der Waals surface area contributed by atoms with Gasteiger partial charge in [0, 0.05) is 30.6 Å². The van der Waals surface area contributed by atoms with Crippen molar-refractivity contribution in [3.05, 3.63) is 35.9 Å². The molecule has 1 heterocycles. The summed E-state index contributed by atoms with van der Waals surface area (Å²) in [6.07, 6.45) is 2.50. The Morgan fingerprint density at radius 3 is 2.70 bits per heavy atom. The van der Waals surface area contributed by atoms with Crippen molar-refractivity contribution in [3.8, 4) is 17.0 Å². The number of rotatable bonds is 10. The Bertz CT molecular complexity index is 762. The smallest absolute Gasteiger partial charge is 0.137 e. The molecule has 0 aliphatic rings. The molecule has 1 aromatic heterocycles. The molecule has 0 amide bonds. The summed E-state index contributed by atoms with van der Waals surface area (Å²) in [6.45, 7) is 6.39. The predicted octanol–water partition coefficient (Wildman–Crippen LogP) is 4.15. The fraction of sp³-hybridized carbons (Fsp3) is 0.429. The molecule has 0 aliphatic carbocycles. The first-order valence-corrected chi connectivity index (χ1v) is 9.39. The van der Waals surface area contributed by atoms with Gasteiger partial charge in [0.1, 0.15) is 18.2 Å².